The minimum Gasteiger partial charge on any atom is -0.310 e. The van der Waals surface area contributed by atoms with Crippen LogP contribution >= 0.6 is 0 Å². The highest BCUT2D eigenvalue weighted by Gasteiger charge is 2.43. The molecule has 0 radical (unpaired) electrons. The maximum Gasteiger partial charge on any atom is 0.252 e. The van der Waals surface area contributed by atoms with E-state index in [-0.39, 0.29) is 6.71 Å². The zero-order valence-corrected chi connectivity index (χ0v) is 34.5. The summed E-state index contributed by atoms with van der Waals surface area (Å²) in [7, 11) is 0. The Morgan fingerprint density at radius 1 is 0.297 bits per heavy atom. The number of hydrogen-bond donors (Lipinski definition) is 0. The summed E-state index contributed by atoms with van der Waals surface area (Å²) in [5.74, 6) is 0. The molecule has 0 amide bonds. The Labute approximate surface area is 367 Å². The second-order valence-electron chi connectivity index (χ2n) is 17.9. The highest BCUT2D eigenvalue weighted by molar-refractivity contribution is 7.01. The third kappa shape index (κ3) is 3.89. The summed E-state index contributed by atoms with van der Waals surface area (Å²) in [5, 5.41) is 18.2. The van der Waals surface area contributed by atoms with Crippen molar-refractivity contribution in [2.24, 2.45) is 0 Å². The molecule has 3 nitrogen and oxygen atoms in total. The molecule has 64 heavy (non-hydrogen) atoms. The van der Waals surface area contributed by atoms with Crippen LogP contribution in [0.25, 0.3) is 109 Å². The molecule has 0 saturated heterocycles. The first-order chi connectivity index (χ1) is 31.8. The zero-order valence-electron chi connectivity index (χ0n) is 34.5. The molecule has 4 heterocycles. The lowest BCUT2D eigenvalue weighted by molar-refractivity contribution is 1.17. The van der Waals surface area contributed by atoms with Gasteiger partial charge in [0.15, 0.2) is 0 Å². The predicted molar refractivity (Wildman–Crippen MR) is 273 cm³/mol. The van der Waals surface area contributed by atoms with Crippen molar-refractivity contribution in [2.45, 2.75) is 0 Å². The van der Waals surface area contributed by atoms with E-state index in [2.05, 4.69) is 220 Å². The SMILES string of the molecule is c1ccc(N(c2ccccc2)c2cc3c4ccccc4c4c5c6c(c7c8ccccc8c(c2)c3c47)-n2c3ccccc3c3cccc(c32)B6c2cccc3c4ccccc4n-5c23)cc1. The first kappa shape index (κ1) is 33.3. The summed E-state index contributed by atoms with van der Waals surface area (Å²) >= 11 is 0. The molecule has 0 saturated carbocycles. The van der Waals surface area contributed by atoms with Gasteiger partial charge in [-0.1, -0.05) is 158 Å². The van der Waals surface area contributed by atoms with Crippen molar-refractivity contribution in [3.8, 4) is 11.4 Å². The topological polar surface area (TPSA) is 13.1 Å². The Balaban J connectivity index is 1.22. The molecular formula is C60H34BN3. The molecule has 0 atom stereocenters. The quantitative estimate of drug-likeness (QED) is 0.0985. The zero-order chi connectivity index (χ0) is 41.4. The maximum absolute atomic E-state index is 2.67. The number of hydrogen-bond acceptors (Lipinski definition) is 1. The third-order valence-electron chi connectivity index (χ3n) is 14.9. The predicted octanol–water partition coefficient (Wildman–Crippen LogP) is 13.7. The van der Waals surface area contributed by atoms with Crippen LogP contribution in [0, 0.1) is 0 Å². The van der Waals surface area contributed by atoms with Crippen molar-refractivity contribution in [1.29, 1.82) is 0 Å². The van der Waals surface area contributed by atoms with Crippen molar-refractivity contribution in [3.63, 3.8) is 0 Å². The lowest BCUT2D eigenvalue weighted by Gasteiger charge is -2.36. The summed E-state index contributed by atoms with van der Waals surface area (Å²) < 4.78 is 5.34. The second kappa shape index (κ2) is 11.8. The molecule has 12 aromatic carbocycles. The number of rotatable bonds is 3. The molecule has 292 valence electrons. The summed E-state index contributed by atoms with van der Waals surface area (Å²) in [6.07, 6.45) is 0. The molecule has 2 aromatic heterocycles. The monoisotopic (exact) mass is 807 g/mol. The van der Waals surface area contributed by atoms with E-state index < -0.39 is 0 Å². The van der Waals surface area contributed by atoms with Crippen LogP contribution in [0.1, 0.15) is 0 Å². The average Bonchev–Trinajstić information content (AvgIpc) is 3.88. The van der Waals surface area contributed by atoms with Gasteiger partial charge in [-0.15, -0.1) is 0 Å². The van der Waals surface area contributed by atoms with Gasteiger partial charge < -0.3 is 14.0 Å². The Hall–Kier alpha value is -8.34. The van der Waals surface area contributed by atoms with E-state index in [0.29, 0.717) is 0 Å². The average molecular weight is 808 g/mol. The molecule has 0 unspecified atom stereocenters. The molecule has 4 heteroatoms. The van der Waals surface area contributed by atoms with Crippen LogP contribution in [0.2, 0.25) is 0 Å². The molecule has 0 N–H and O–H groups in total. The summed E-state index contributed by atoms with van der Waals surface area (Å²) in [4.78, 5) is 2.42. The van der Waals surface area contributed by atoms with Gasteiger partial charge in [-0.2, -0.15) is 0 Å². The van der Waals surface area contributed by atoms with E-state index in [1.54, 1.807) is 0 Å². The van der Waals surface area contributed by atoms with Crippen LogP contribution in [-0.2, 0) is 0 Å². The smallest absolute Gasteiger partial charge is 0.252 e. The van der Waals surface area contributed by atoms with Crippen molar-refractivity contribution < 1.29 is 0 Å². The number of nitrogens with zero attached hydrogens (tertiary/aromatic N) is 3. The molecule has 0 spiro atoms. The lowest BCUT2D eigenvalue weighted by atomic mass is 9.34. The van der Waals surface area contributed by atoms with Gasteiger partial charge in [0.05, 0.1) is 22.4 Å². The fraction of sp³-hybridized carbons (Fsp3) is 0. The normalized spacial score (nSPS) is 13.0. The third-order valence-corrected chi connectivity index (χ3v) is 14.9. The van der Waals surface area contributed by atoms with Crippen LogP contribution in [0.15, 0.2) is 206 Å². The van der Waals surface area contributed by atoms with E-state index in [0.717, 1.165) is 17.1 Å². The van der Waals surface area contributed by atoms with E-state index in [1.807, 2.05) is 0 Å². The largest absolute Gasteiger partial charge is 0.310 e. The van der Waals surface area contributed by atoms with E-state index in [4.69, 9.17) is 0 Å². The Bertz CT molecular complexity index is 4100. The minimum atomic E-state index is 0.0300. The molecule has 0 fully saturated rings. The Morgan fingerprint density at radius 2 is 0.703 bits per heavy atom. The minimum absolute atomic E-state index is 0.0300. The standard InChI is InChI=1S/C60H34BN3/c1-3-17-35(18-4-1)62(36-19-5-2-6-20-36)37-33-46-38-21-7-9-25-42(38)53-55-52(46)47(34-37)39-22-8-10-26-43(39)54(55)60-56-59(53)63-50-31-13-11-23-40(50)44-27-15-29-48(57(44)63)61(56)49-30-16-28-45-41-24-12-14-32-51(41)64(60)58(45)49/h1-34H. The number of fused-ring (bicyclic) bond motifs is 18. The first-order valence-electron chi connectivity index (χ1n) is 22.4. The molecule has 14 aromatic rings. The van der Waals surface area contributed by atoms with Gasteiger partial charge in [-0.05, 0) is 103 Å². The molecule has 16 rings (SSSR count). The van der Waals surface area contributed by atoms with Crippen molar-refractivity contribution in [2.75, 3.05) is 4.90 Å². The Morgan fingerprint density at radius 3 is 1.19 bits per heavy atom. The van der Waals surface area contributed by atoms with Gasteiger partial charge in [-0.25, -0.2) is 0 Å². The van der Waals surface area contributed by atoms with Gasteiger partial charge in [0.25, 0.3) is 6.71 Å². The molecule has 0 aliphatic carbocycles. The molecule has 2 aliphatic heterocycles. The fourth-order valence-electron chi connectivity index (χ4n) is 12.7. The Kier molecular flexibility index (Phi) is 6.12. The van der Waals surface area contributed by atoms with Gasteiger partial charge in [0, 0.05) is 65.8 Å². The number of benzene rings is 12. The highest BCUT2D eigenvalue weighted by Crippen LogP contribution is 2.53. The fourth-order valence-corrected chi connectivity index (χ4v) is 12.7. The summed E-state index contributed by atoms with van der Waals surface area (Å²) in [5.41, 5.74) is 15.3. The number of aromatic nitrogens is 2. The second-order valence-corrected chi connectivity index (χ2v) is 17.9. The van der Waals surface area contributed by atoms with E-state index in [9.17, 15) is 0 Å². The first-order valence-corrected chi connectivity index (χ1v) is 22.4. The van der Waals surface area contributed by atoms with Gasteiger partial charge in [-0.3, -0.25) is 0 Å². The van der Waals surface area contributed by atoms with Crippen LogP contribution in [0.4, 0.5) is 17.1 Å². The van der Waals surface area contributed by atoms with Crippen LogP contribution < -0.4 is 21.3 Å². The number of para-hydroxylation sites is 6. The van der Waals surface area contributed by atoms with E-state index >= 15 is 0 Å². The number of anilines is 3. The van der Waals surface area contributed by atoms with Gasteiger partial charge in [0.1, 0.15) is 0 Å². The van der Waals surface area contributed by atoms with Crippen molar-refractivity contribution >= 4 is 138 Å². The van der Waals surface area contributed by atoms with Crippen molar-refractivity contribution in [1.82, 2.24) is 9.13 Å². The van der Waals surface area contributed by atoms with Gasteiger partial charge >= 0.3 is 0 Å². The van der Waals surface area contributed by atoms with E-state index in [1.165, 1.54) is 125 Å². The lowest BCUT2D eigenvalue weighted by Crippen LogP contribution is -2.59. The van der Waals surface area contributed by atoms with Gasteiger partial charge in [0.2, 0.25) is 0 Å². The maximum atomic E-state index is 2.67. The van der Waals surface area contributed by atoms with Crippen molar-refractivity contribution in [3.05, 3.63) is 206 Å². The summed E-state index contributed by atoms with van der Waals surface area (Å²) in [6, 6.07) is 77.4. The highest BCUT2D eigenvalue weighted by atomic mass is 15.1. The molecular weight excluding hydrogens is 773 g/mol. The molecule has 0 bridgehead atoms. The van der Waals surface area contributed by atoms with Crippen LogP contribution in [0.5, 0.6) is 0 Å². The van der Waals surface area contributed by atoms with Crippen LogP contribution in [0.3, 0.4) is 0 Å². The summed E-state index contributed by atoms with van der Waals surface area (Å²) in [6.45, 7) is 0.0300. The molecule has 2 aliphatic rings. The van der Waals surface area contributed by atoms with Crippen LogP contribution in [-0.4, -0.2) is 15.8 Å².